The molecule has 0 atom stereocenters. The van der Waals surface area contributed by atoms with Crippen molar-refractivity contribution in [2.45, 2.75) is 0 Å². The number of amides is 1. The van der Waals surface area contributed by atoms with E-state index < -0.39 is 0 Å². The molecule has 1 aliphatic rings. The van der Waals surface area contributed by atoms with E-state index in [1.54, 1.807) is 6.20 Å². The summed E-state index contributed by atoms with van der Waals surface area (Å²) in [4.78, 5) is 21.2. The number of piperazine rings is 1. The summed E-state index contributed by atoms with van der Waals surface area (Å²) in [5, 5.41) is 3.64. The van der Waals surface area contributed by atoms with Crippen LogP contribution in [0.25, 0.3) is 11.1 Å². The monoisotopic (exact) mass is 406 g/mol. The maximum Gasteiger partial charge on any atom is 0.238 e. The highest BCUT2D eigenvalue weighted by Crippen LogP contribution is 2.21. The summed E-state index contributed by atoms with van der Waals surface area (Å²) < 4.78 is 0. The fourth-order valence-electron chi connectivity index (χ4n) is 3.47. The van der Waals surface area contributed by atoms with Crippen molar-refractivity contribution >= 4 is 29.0 Å². The number of nitrogens with zero attached hydrogens (tertiary/aromatic N) is 3. The van der Waals surface area contributed by atoms with Crippen LogP contribution in [0.2, 0.25) is 5.02 Å². The zero-order valence-electron chi connectivity index (χ0n) is 16.1. The van der Waals surface area contributed by atoms with Gasteiger partial charge in [-0.3, -0.25) is 9.69 Å². The highest BCUT2D eigenvalue weighted by molar-refractivity contribution is 6.30. The van der Waals surface area contributed by atoms with Gasteiger partial charge in [-0.1, -0.05) is 54.1 Å². The second-order valence-electron chi connectivity index (χ2n) is 7.09. The average molecular weight is 407 g/mol. The van der Waals surface area contributed by atoms with Gasteiger partial charge in [0.1, 0.15) is 5.82 Å². The van der Waals surface area contributed by atoms with E-state index in [0.717, 1.165) is 43.2 Å². The largest absolute Gasteiger partial charge is 0.354 e. The fraction of sp³-hybridized carbons (Fsp3) is 0.217. The van der Waals surface area contributed by atoms with Gasteiger partial charge in [-0.25, -0.2) is 4.98 Å². The predicted octanol–water partition coefficient (Wildman–Crippen LogP) is 4.16. The van der Waals surface area contributed by atoms with Crippen LogP contribution in [0.3, 0.4) is 0 Å². The average Bonchev–Trinajstić information content (AvgIpc) is 2.76. The molecular formula is C23H23ClN4O. The minimum atomic E-state index is 0.00975. The molecule has 0 aliphatic carbocycles. The lowest BCUT2D eigenvalue weighted by atomic mass is 10.1. The molecule has 2 aromatic carbocycles. The molecule has 0 spiro atoms. The summed E-state index contributed by atoms with van der Waals surface area (Å²) >= 11 is 5.90. The van der Waals surface area contributed by atoms with Gasteiger partial charge in [-0.05, 0) is 35.4 Å². The van der Waals surface area contributed by atoms with Crippen molar-refractivity contribution in [2.24, 2.45) is 0 Å². The van der Waals surface area contributed by atoms with Crippen molar-refractivity contribution in [2.75, 3.05) is 42.9 Å². The van der Waals surface area contributed by atoms with E-state index in [-0.39, 0.29) is 5.91 Å². The first-order valence-corrected chi connectivity index (χ1v) is 10.1. The van der Waals surface area contributed by atoms with Crippen molar-refractivity contribution < 1.29 is 4.79 Å². The molecule has 6 heteroatoms. The Morgan fingerprint density at radius 2 is 1.59 bits per heavy atom. The SMILES string of the molecule is O=C(CN1CCN(c2ccc(Cl)cn2)CC1)Nc1ccc(-c2ccccc2)cc1. The number of rotatable bonds is 5. The summed E-state index contributed by atoms with van der Waals surface area (Å²) in [5.41, 5.74) is 3.12. The van der Waals surface area contributed by atoms with Gasteiger partial charge >= 0.3 is 0 Å². The first kappa shape index (κ1) is 19.4. The standard InChI is InChI=1S/C23H23ClN4O/c24-20-8-11-22(25-16-20)28-14-12-27(13-15-28)17-23(29)26-21-9-6-19(7-10-21)18-4-2-1-3-5-18/h1-11,16H,12-15,17H2,(H,26,29). The van der Waals surface area contributed by atoms with Crippen LogP contribution >= 0.6 is 11.6 Å². The fourth-order valence-corrected chi connectivity index (χ4v) is 3.58. The van der Waals surface area contributed by atoms with Crippen molar-refractivity contribution in [3.63, 3.8) is 0 Å². The number of carbonyl (C=O) groups is 1. The van der Waals surface area contributed by atoms with Crippen LogP contribution in [0.5, 0.6) is 0 Å². The van der Waals surface area contributed by atoms with Crippen LogP contribution in [0.1, 0.15) is 0 Å². The molecule has 1 aliphatic heterocycles. The maximum atomic E-state index is 12.4. The van der Waals surface area contributed by atoms with Gasteiger partial charge in [0.15, 0.2) is 0 Å². The number of carbonyl (C=O) groups excluding carboxylic acids is 1. The summed E-state index contributed by atoms with van der Waals surface area (Å²) in [5.74, 6) is 0.938. The van der Waals surface area contributed by atoms with Crippen molar-refractivity contribution in [1.82, 2.24) is 9.88 Å². The molecule has 0 bridgehead atoms. The number of hydrogen-bond acceptors (Lipinski definition) is 4. The molecule has 1 aromatic heterocycles. The summed E-state index contributed by atoms with van der Waals surface area (Å²) in [6.07, 6.45) is 1.67. The molecule has 1 fully saturated rings. The molecule has 4 rings (SSSR count). The Morgan fingerprint density at radius 1 is 0.897 bits per heavy atom. The predicted molar refractivity (Wildman–Crippen MR) is 118 cm³/mol. The Bertz CT molecular complexity index is 937. The smallest absolute Gasteiger partial charge is 0.238 e. The van der Waals surface area contributed by atoms with Crippen LogP contribution in [0.15, 0.2) is 72.9 Å². The van der Waals surface area contributed by atoms with E-state index >= 15 is 0 Å². The number of nitrogens with one attached hydrogen (secondary N) is 1. The molecule has 148 valence electrons. The second-order valence-corrected chi connectivity index (χ2v) is 7.53. The molecule has 2 heterocycles. The molecule has 3 aromatic rings. The minimum Gasteiger partial charge on any atom is -0.354 e. The Morgan fingerprint density at radius 3 is 2.24 bits per heavy atom. The Balaban J connectivity index is 1.26. The van der Waals surface area contributed by atoms with E-state index in [9.17, 15) is 4.79 Å². The van der Waals surface area contributed by atoms with Gasteiger partial charge in [0.2, 0.25) is 5.91 Å². The van der Waals surface area contributed by atoms with E-state index in [1.807, 2.05) is 54.6 Å². The summed E-state index contributed by atoms with van der Waals surface area (Å²) in [7, 11) is 0. The van der Waals surface area contributed by atoms with Gasteiger partial charge in [0.05, 0.1) is 11.6 Å². The number of aromatic nitrogens is 1. The number of benzene rings is 2. The lowest BCUT2D eigenvalue weighted by Crippen LogP contribution is -2.48. The molecule has 0 saturated carbocycles. The first-order valence-electron chi connectivity index (χ1n) is 9.71. The van der Waals surface area contributed by atoms with Crippen LogP contribution in [-0.2, 0) is 4.79 Å². The molecule has 29 heavy (non-hydrogen) atoms. The second kappa shape index (κ2) is 9.07. The minimum absolute atomic E-state index is 0.00975. The molecule has 1 saturated heterocycles. The molecule has 1 amide bonds. The van der Waals surface area contributed by atoms with Gasteiger partial charge in [0, 0.05) is 38.1 Å². The van der Waals surface area contributed by atoms with Crippen LogP contribution in [-0.4, -0.2) is 48.5 Å². The van der Waals surface area contributed by atoms with Crippen LogP contribution in [0.4, 0.5) is 11.5 Å². The molecule has 5 nitrogen and oxygen atoms in total. The van der Waals surface area contributed by atoms with Crippen LogP contribution < -0.4 is 10.2 Å². The third kappa shape index (κ3) is 5.13. The van der Waals surface area contributed by atoms with Gasteiger partial charge in [0.25, 0.3) is 0 Å². The number of pyridine rings is 1. The Labute approximate surface area is 175 Å². The highest BCUT2D eigenvalue weighted by atomic mass is 35.5. The third-order valence-electron chi connectivity index (χ3n) is 5.05. The molecule has 0 radical (unpaired) electrons. The third-order valence-corrected chi connectivity index (χ3v) is 5.27. The van der Waals surface area contributed by atoms with E-state index in [4.69, 9.17) is 11.6 Å². The van der Waals surface area contributed by atoms with E-state index in [0.29, 0.717) is 11.6 Å². The van der Waals surface area contributed by atoms with Crippen LogP contribution in [0, 0.1) is 0 Å². The Kier molecular flexibility index (Phi) is 6.08. The normalized spacial score (nSPS) is 14.6. The topological polar surface area (TPSA) is 48.5 Å². The van der Waals surface area contributed by atoms with Gasteiger partial charge < -0.3 is 10.2 Å². The zero-order chi connectivity index (χ0) is 20.1. The van der Waals surface area contributed by atoms with Gasteiger partial charge in [-0.15, -0.1) is 0 Å². The summed E-state index contributed by atoms with van der Waals surface area (Å²) in [6, 6.07) is 21.9. The number of halogens is 1. The lowest BCUT2D eigenvalue weighted by Gasteiger charge is -2.35. The summed E-state index contributed by atoms with van der Waals surface area (Å²) in [6.45, 7) is 3.72. The van der Waals surface area contributed by atoms with Crippen molar-refractivity contribution in [1.29, 1.82) is 0 Å². The number of anilines is 2. The van der Waals surface area contributed by atoms with Gasteiger partial charge in [-0.2, -0.15) is 0 Å². The molecule has 1 N–H and O–H groups in total. The first-order chi connectivity index (χ1) is 14.2. The van der Waals surface area contributed by atoms with E-state index in [1.165, 1.54) is 5.56 Å². The maximum absolute atomic E-state index is 12.4. The molecular weight excluding hydrogens is 384 g/mol. The Hall–Kier alpha value is -2.89. The highest BCUT2D eigenvalue weighted by Gasteiger charge is 2.19. The number of hydrogen-bond donors (Lipinski definition) is 1. The zero-order valence-corrected chi connectivity index (χ0v) is 16.8. The quantitative estimate of drug-likeness (QED) is 0.691. The van der Waals surface area contributed by atoms with Crippen molar-refractivity contribution in [3.05, 3.63) is 77.9 Å². The lowest BCUT2D eigenvalue weighted by molar-refractivity contribution is -0.117. The van der Waals surface area contributed by atoms with E-state index in [2.05, 4.69) is 32.2 Å². The van der Waals surface area contributed by atoms with Crippen molar-refractivity contribution in [3.8, 4) is 11.1 Å². The molecule has 0 unspecified atom stereocenters.